The van der Waals surface area contributed by atoms with Crippen LogP contribution in [0, 0.1) is 11.3 Å². The van der Waals surface area contributed by atoms with Crippen molar-refractivity contribution in [2.75, 3.05) is 0 Å². The van der Waals surface area contributed by atoms with Gasteiger partial charge < -0.3 is 9.15 Å². The van der Waals surface area contributed by atoms with Gasteiger partial charge in [-0.1, -0.05) is 6.07 Å². The van der Waals surface area contributed by atoms with Gasteiger partial charge in [0, 0.05) is 17.0 Å². The number of hydrogen-bond donors (Lipinski definition) is 0. The van der Waals surface area contributed by atoms with E-state index in [2.05, 4.69) is 12.1 Å². The van der Waals surface area contributed by atoms with E-state index < -0.39 is 0 Å². The van der Waals surface area contributed by atoms with E-state index in [0.717, 1.165) is 30.2 Å². The number of hydrogen-bond acceptors (Lipinski definition) is 4. The highest BCUT2D eigenvalue weighted by molar-refractivity contribution is 5.82. The van der Waals surface area contributed by atoms with Crippen LogP contribution in [0.5, 0.6) is 5.75 Å². The van der Waals surface area contributed by atoms with E-state index in [9.17, 15) is 4.79 Å². The Morgan fingerprint density at radius 3 is 2.79 bits per heavy atom. The minimum atomic E-state index is -0.371. The average molecular weight is 317 g/mol. The highest BCUT2D eigenvalue weighted by Crippen LogP contribution is 2.29. The van der Waals surface area contributed by atoms with E-state index in [0.29, 0.717) is 16.9 Å². The molecule has 4 heteroatoms. The van der Waals surface area contributed by atoms with Crippen molar-refractivity contribution in [2.24, 2.45) is 0 Å². The molecule has 0 saturated carbocycles. The SMILES string of the molecule is N#Cc1cccc(OCc2cc(=O)oc3cc4c(cc23)CCC4)c1. The van der Waals surface area contributed by atoms with E-state index in [-0.39, 0.29) is 12.2 Å². The van der Waals surface area contributed by atoms with Crippen LogP contribution in [0.15, 0.2) is 51.7 Å². The molecule has 118 valence electrons. The quantitative estimate of drug-likeness (QED) is 0.690. The zero-order valence-electron chi connectivity index (χ0n) is 13.0. The molecule has 0 amide bonds. The number of rotatable bonds is 3. The van der Waals surface area contributed by atoms with Crippen molar-refractivity contribution in [3.63, 3.8) is 0 Å². The molecule has 0 aliphatic heterocycles. The van der Waals surface area contributed by atoms with E-state index in [1.165, 1.54) is 17.2 Å². The number of fused-ring (bicyclic) bond motifs is 2. The molecule has 0 unspecified atom stereocenters. The van der Waals surface area contributed by atoms with Crippen LogP contribution in [0.3, 0.4) is 0 Å². The Morgan fingerprint density at radius 2 is 1.96 bits per heavy atom. The van der Waals surface area contributed by atoms with Crippen molar-refractivity contribution in [2.45, 2.75) is 25.9 Å². The average Bonchev–Trinajstić information content (AvgIpc) is 3.05. The normalized spacial score (nSPS) is 12.8. The van der Waals surface area contributed by atoms with Gasteiger partial charge in [-0.15, -0.1) is 0 Å². The Labute approximate surface area is 138 Å². The van der Waals surface area contributed by atoms with Crippen molar-refractivity contribution in [3.8, 4) is 11.8 Å². The molecule has 1 aromatic heterocycles. The van der Waals surface area contributed by atoms with Crippen LogP contribution in [0.25, 0.3) is 11.0 Å². The minimum absolute atomic E-state index is 0.260. The zero-order valence-corrected chi connectivity index (χ0v) is 13.0. The third kappa shape index (κ3) is 2.65. The molecule has 0 fully saturated rings. The molecule has 0 saturated heterocycles. The number of benzene rings is 2. The van der Waals surface area contributed by atoms with Crippen molar-refractivity contribution in [1.82, 2.24) is 0 Å². The van der Waals surface area contributed by atoms with Crippen LogP contribution < -0.4 is 10.4 Å². The van der Waals surface area contributed by atoms with Gasteiger partial charge >= 0.3 is 5.63 Å². The fourth-order valence-corrected chi connectivity index (χ4v) is 3.23. The number of nitriles is 1. The summed E-state index contributed by atoms with van der Waals surface area (Å²) < 4.78 is 11.1. The Hall–Kier alpha value is -3.06. The fourth-order valence-electron chi connectivity index (χ4n) is 3.23. The Morgan fingerprint density at radius 1 is 1.12 bits per heavy atom. The van der Waals surface area contributed by atoms with Crippen LogP contribution in [0.4, 0.5) is 0 Å². The topological polar surface area (TPSA) is 63.2 Å². The lowest BCUT2D eigenvalue weighted by Gasteiger charge is -2.10. The molecule has 0 spiro atoms. The van der Waals surface area contributed by atoms with Crippen molar-refractivity contribution < 1.29 is 9.15 Å². The summed E-state index contributed by atoms with van der Waals surface area (Å²) in [5.41, 5.74) is 4.19. The number of ether oxygens (including phenoxy) is 1. The lowest BCUT2D eigenvalue weighted by molar-refractivity contribution is 0.306. The minimum Gasteiger partial charge on any atom is -0.489 e. The maximum absolute atomic E-state index is 11.9. The van der Waals surface area contributed by atoms with Gasteiger partial charge in [-0.25, -0.2) is 4.79 Å². The third-order valence-electron chi connectivity index (χ3n) is 4.40. The molecule has 1 aliphatic rings. The molecule has 4 rings (SSSR count). The van der Waals surface area contributed by atoms with Gasteiger partial charge in [-0.05, 0) is 60.7 Å². The zero-order chi connectivity index (χ0) is 16.5. The Kier molecular flexibility index (Phi) is 3.55. The Bertz CT molecular complexity index is 1030. The molecule has 0 N–H and O–H groups in total. The molecule has 3 aromatic rings. The summed E-state index contributed by atoms with van der Waals surface area (Å²) in [6.07, 6.45) is 3.24. The molecule has 24 heavy (non-hydrogen) atoms. The number of aryl methyl sites for hydroxylation is 2. The lowest BCUT2D eigenvalue weighted by atomic mass is 10.0. The first-order chi connectivity index (χ1) is 11.7. The maximum atomic E-state index is 11.9. The van der Waals surface area contributed by atoms with E-state index in [4.69, 9.17) is 14.4 Å². The highest BCUT2D eigenvalue weighted by atomic mass is 16.5. The first-order valence-corrected chi connectivity index (χ1v) is 7.94. The number of nitrogens with zero attached hydrogens (tertiary/aromatic N) is 1. The molecule has 0 atom stereocenters. The molecular formula is C20H15NO3. The standard InChI is InChI=1S/C20H15NO3/c21-11-13-3-1-6-17(7-13)23-12-16-10-20(22)24-19-9-15-5-2-4-14(15)8-18(16)19/h1,3,6-10H,2,4-5,12H2. The van der Waals surface area contributed by atoms with E-state index in [1.807, 2.05) is 6.07 Å². The van der Waals surface area contributed by atoms with Gasteiger partial charge in [0.05, 0.1) is 11.6 Å². The van der Waals surface area contributed by atoms with E-state index >= 15 is 0 Å². The van der Waals surface area contributed by atoms with Gasteiger partial charge in [0.2, 0.25) is 0 Å². The second kappa shape index (κ2) is 5.86. The predicted molar refractivity (Wildman–Crippen MR) is 90.0 cm³/mol. The van der Waals surface area contributed by atoms with Gasteiger partial charge in [-0.2, -0.15) is 5.26 Å². The summed E-state index contributed by atoms with van der Waals surface area (Å²) in [5.74, 6) is 0.608. The molecule has 0 radical (unpaired) electrons. The highest BCUT2D eigenvalue weighted by Gasteiger charge is 2.15. The van der Waals surface area contributed by atoms with Crippen LogP contribution in [0.2, 0.25) is 0 Å². The second-order valence-corrected chi connectivity index (χ2v) is 5.99. The Balaban J connectivity index is 1.70. The molecule has 0 bridgehead atoms. The molecule has 1 aliphatic carbocycles. The third-order valence-corrected chi connectivity index (χ3v) is 4.40. The first kappa shape index (κ1) is 14.5. The summed E-state index contributed by atoms with van der Waals surface area (Å²) in [4.78, 5) is 11.9. The smallest absolute Gasteiger partial charge is 0.336 e. The van der Waals surface area contributed by atoms with Crippen molar-refractivity contribution in [1.29, 1.82) is 5.26 Å². The summed E-state index contributed by atoms with van der Waals surface area (Å²) in [6, 6.07) is 14.7. The van der Waals surface area contributed by atoms with Gasteiger partial charge in [0.15, 0.2) is 0 Å². The molecular weight excluding hydrogens is 302 g/mol. The van der Waals surface area contributed by atoms with Crippen molar-refractivity contribution >= 4 is 11.0 Å². The molecule has 1 heterocycles. The van der Waals surface area contributed by atoms with Crippen LogP contribution in [-0.2, 0) is 19.4 Å². The van der Waals surface area contributed by atoms with Crippen LogP contribution >= 0.6 is 0 Å². The second-order valence-electron chi connectivity index (χ2n) is 5.99. The molecule has 4 nitrogen and oxygen atoms in total. The molecule has 2 aromatic carbocycles. The van der Waals surface area contributed by atoms with Crippen LogP contribution in [-0.4, -0.2) is 0 Å². The monoisotopic (exact) mass is 317 g/mol. The van der Waals surface area contributed by atoms with Gasteiger partial charge in [0.1, 0.15) is 17.9 Å². The van der Waals surface area contributed by atoms with Gasteiger partial charge in [-0.3, -0.25) is 0 Å². The summed E-state index contributed by atoms with van der Waals surface area (Å²) >= 11 is 0. The summed E-state index contributed by atoms with van der Waals surface area (Å²) in [6.45, 7) is 0.260. The maximum Gasteiger partial charge on any atom is 0.336 e. The lowest BCUT2D eigenvalue weighted by Crippen LogP contribution is -2.04. The van der Waals surface area contributed by atoms with E-state index in [1.54, 1.807) is 24.3 Å². The van der Waals surface area contributed by atoms with Gasteiger partial charge in [0.25, 0.3) is 0 Å². The first-order valence-electron chi connectivity index (χ1n) is 7.94. The predicted octanol–water partition coefficient (Wildman–Crippen LogP) is 3.73. The van der Waals surface area contributed by atoms with Crippen molar-refractivity contribution in [3.05, 3.63) is 75.1 Å². The fraction of sp³-hybridized carbons (Fsp3) is 0.200. The largest absolute Gasteiger partial charge is 0.489 e. The summed E-state index contributed by atoms with van der Waals surface area (Å²) in [5, 5.41) is 9.88. The van der Waals surface area contributed by atoms with Crippen LogP contribution in [0.1, 0.15) is 28.7 Å². The summed E-state index contributed by atoms with van der Waals surface area (Å²) in [7, 11) is 0.